The molecule has 5 N–H and O–H groups in total. The molecule has 12 heavy (non-hydrogen) atoms. The van der Waals surface area contributed by atoms with E-state index in [0.717, 1.165) is 6.42 Å². The van der Waals surface area contributed by atoms with E-state index in [4.69, 9.17) is 16.6 Å². The second kappa shape index (κ2) is 5.11. The Balaban J connectivity index is 4.08. The molecule has 0 aliphatic heterocycles. The van der Waals surface area contributed by atoms with Gasteiger partial charge < -0.3 is 16.6 Å². The summed E-state index contributed by atoms with van der Waals surface area (Å²) in [4.78, 5) is 10.8. The molecule has 0 aromatic heterocycles. The van der Waals surface area contributed by atoms with Gasteiger partial charge in [0.15, 0.2) is 0 Å². The molecule has 0 saturated carbocycles. The number of rotatable bonds is 6. The standard InChI is InChI=1S/C8H18N2O2/c1-2-4-8(10,7(11)12)5-3-6-9/h2-6,9-10H2,1H3,(H,11,12)/t8-/m1/s1. The second-order valence-electron chi connectivity index (χ2n) is 3.10. The maximum absolute atomic E-state index is 10.8. The summed E-state index contributed by atoms with van der Waals surface area (Å²) in [5.41, 5.74) is 9.90. The molecule has 0 aromatic rings. The molecule has 0 aliphatic rings. The summed E-state index contributed by atoms with van der Waals surface area (Å²) in [5, 5.41) is 8.82. The van der Waals surface area contributed by atoms with Crippen molar-refractivity contribution in [2.24, 2.45) is 11.5 Å². The molecular weight excluding hydrogens is 156 g/mol. The van der Waals surface area contributed by atoms with Crippen LogP contribution in [0.25, 0.3) is 0 Å². The quantitative estimate of drug-likeness (QED) is 0.540. The zero-order chi connectivity index (χ0) is 9.61. The third-order valence-electron chi connectivity index (χ3n) is 1.95. The highest BCUT2D eigenvalue weighted by Crippen LogP contribution is 2.16. The monoisotopic (exact) mass is 174 g/mol. The van der Waals surface area contributed by atoms with E-state index < -0.39 is 11.5 Å². The average Bonchev–Trinajstić information content (AvgIpc) is 2.01. The van der Waals surface area contributed by atoms with E-state index in [2.05, 4.69) is 0 Å². The summed E-state index contributed by atoms with van der Waals surface area (Å²) in [6.07, 6.45) is 2.44. The fraction of sp³-hybridized carbons (Fsp3) is 0.875. The summed E-state index contributed by atoms with van der Waals surface area (Å²) >= 11 is 0. The highest BCUT2D eigenvalue weighted by atomic mass is 16.4. The van der Waals surface area contributed by atoms with Gasteiger partial charge in [-0.1, -0.05) is 13.3 Å². The number of carboxylic acid groups (broad SMARTS) is 1. The number of carboxylic acids is 1. The molecular formula is C8H18N2O2. The first-order valence-electron chi connectivity index (χ1n) is 4.29. The topological polar surface area (TPSA) is 89.3 Å². The Bertz CT molecular complexity index is 150. The Labute approximate surface area is 72.9 Å². The number of nitrogens with two attached hydrogens (primary N) is 2. The molecule has 0 saturated heterocycles. The maximum atomic E-state index is 10.8. The minimum Gasteiger partial charge on any atom is -0.480 e. The van der Waals surface area contributed by atoms with Crippen LogP contribution in [-0.4, -0.2) is 23.2 Å². The van der Waals surface area contributed by atoms with Gasteiger partial charge in [0.25, 0.3) is 0 Å². The SMILES string of the molecule is CCC[C@@](N)(CCCN)C(=O)O. The molecule has 0 spiro atoms. The van der Waals surface area contributed by atoms with E-state index in [0.29, 0.717) is 25.8 Å². The Morgan fingerprint density at radius 1 is 1.50 bits per heavy atom. The van der Waals surface area contributed by atoms with Crippen molar-refractivity contribution in [3.05, 3.63) is 0 Å². The summed E-state index contributed by atoms with van der Waals surface area (Å²) < 4.78 is 0. The van der Waals surface area contributed by atoms with Crippen LogP contribution in [0.4, 0.5) is 0 Å². The van der Waals surface area contributed by atoms with Crippen LogP contribution in [0.15, 0.2) is 0 Å². The number of carbonyl (C=O) groups is 1. The minimum absolute atomic E-state index is 0.465. The molecule has 0 bridgehead atoms. The van der Waals surface area contributed by atoms with Gasteiger partial charge in [-0.3, -0.25) is 4.79 Å². The number of hydrogen-bond donors (Lipinski definition) is 3. The Morgan fingerprint density at radius 3 is 2.42 bits per heavy atom. The zero-order valence-corrected chi connectivity index (χ0v) is 7.55. The lowest BCUT2D eigenvalue weighted by Gasteiger charge is -2.23. The van der Waals surface area contributed by atoms with Gasteiger partial charge in [0.05, 0.1) is 0 Å². The van der Waals surface area contributed by atoms with E-state index in [1.165, 1.54) is 0 Å². The Kier molecular flexibility index (Phi) is 4.85. The smallest absolute Gasteiger partial charge is 0.323 e. The van der Waals surface area contributed by atoms with Crippen molar-refractivity contribution in [2.45, 2.75) is 38.1 Å². The molecule has 4 nitrogen and oxygen atoms in total. The van der Waals surface area contributed by atoms with Crippen LogP contribution in [0, 0.1) is 0 Å². The van der Waals surface area contributed by atoms with Crippen LogP contribution in [0.3, 0.4) is 0 Å². The van der Waals surface area contributed by atoms with Crippen molar-refractivity contribution in [1.29, 1.82) is 0 Å². The summed E-state index contributed by atoms with van der Waals surface area (Å²) in [6, 6.07) is 0. The fourth-order valence-corrected chi connectivity index (χ4v) is 1.20. The molecule has 0 aliphatic carbocycles. The average molecular weight is 174 g/mol. The largest absolute Gasteiger partial charge is 0.480 e. The number of aliphatic carboxylic acids is 1. The Hall–Kier alpha value is -0.610. The number of hydrogen-bond acceptors (Lipinski definition) is 3. The van der Waals surface area contributed by atoms with E-state index in [-0.39, 0.29) is 0 Å². The maximum Gasteiger partial charge on any atom is 0.323 e. The van der Waals surface area contributed by atoms with Crippen LogP contribution >= 0.6 is 0 Å². The summed E-state index contributed by atoms with van der Waals surface area (Å²) in [5.74, 6) is -0.919. The fourth-order valence-electron chi connectivity index (χ4n) is 1.20. The highest BCUT2D eigenvalue weighted by molar-refractivity contribution is 5.78. The molecule has 0 fully saturated rings. The lowest BCUT2D eigenvalue weighted by atomic mass is 9.90. The predicted molar refractivity (Wildman–Crippen MR) is 47.8 cm³/mol. The predicted octanol–water partition coefficient (Wildman–Crippen LogP) is 0.308. The molecule has 0 heterocycles. The Morgan fingerprint density at radius 2 is 2.08 bits per heavy atom. The molecule has 0 rings (SSSR count). The van der Waals surface area contributed by atoms with Gasteiger partial charge in [-0.2, -0.15) is 0 Å². The van der Waals surface area contributed by atoms with Gasteiger partial charge in [0.1, 0.15) is 5.54 Å². The van der Waals surface area contributed by atoms with Gasteiger partial charge >= 0.3 is 5.97 Å². The van der Waals surface area contributed by atoms with Gasteiger partial charge in [-0.25, -0.2) is 0 Å². The van der Waals surface area contributed by atoms with Crippen molar-refractivity contribution in [1.82, 2.24) is 0 Å². The molecule has 0 aromatic carbocycles. The van der Waals surface area contributed by atoms with Crippen molar-refractivity contribution >= 4 is 5.97 Å². The van der Waals surface area contributed by atoms with Crippen molar-refractivity contribution in [3.8, 4) is 0 Å². The summed E-state index contributed by atoms with van der Waals surface area (Å²) in [6.45, 7) is 2.42. The molecule has 0 radical (unpaired) electrons. The van der Waals surface area contributed by atoms with Crippen molar-refractivity contribution < 1.29 is 9.90 Å². The molecule has 4 heteroatoms. The van der Waals surface area contributed by atoms with Crippen LogP contribution in [0.5, 0.6) is 0 Å². The van der Waals surface area contributed by atoms with Crippen molar-refractivity contribution in [3.63, 3.8) is 0 Å². The van der Waals surface area contributed by atoms with E-state index in [9.17, 15) is 4.79 Å². The third-order valence-corrected chi connectivity index (χ3v) is 1.95. The van der Waals surface area contributed by atoms with Crippen LogP contribution in [0.1, 0.15) is 32.6 Å². The first-order valence-corrected chi connectivity index (χ1v) is 4.29. The molecule has 72 valence electrons. The van der Waals surface area contributed by atoms with E-state index in [1.54, 1.807) is 0 Å². The van der Waals surface area contributed by atoms with Gasteiger partial charge in [0, 0.05) is 0 Å². The van der Waals surface area contributed by atoms with Gasteiger partial charge in [0.2, 0.25) is 0 Å². The van der Waals surface area contributed by atoms with Crippen LogP contribution in [-0.2, 0) is 4.79 Å². The molecule has 0 amide bonds. The van der Waals surface area contributed by atoms with Crippen molar-refractivity contribution in [2.75, 3.05) is 6.54 Å². The lowest BCUT2D eigenvalue weighted by Crippen LogP contribution is -2.48. The summed E-state index contributed by atoms with van der Waals surface area (Å²) in [7, 11) is 0. The van der Waals surface area contributed by atoms with E-state index >= 15 is 0 Å². The zero-order valence-electron chi connectivity index (χ0n) is 7.55. The first-order chi connectivity index (χ1) is 5.56. The molecule has 1 atom stereocenters. The van der Waals surface area contributed by atoms with Gasteiger partial charge in [-0.15, -0.1) is 0 Å². The van der Waals surface area contributed by atoms with Gasteiger partial charge in [-0.05, 0) is 25.8 Å². The minimum atomic E-state index is -1.06. The first kappa shape index (κ1) is 11.4. The molecule has 0 unspecified atom stereocenters. The normalized spacial score (nSPS) is 15.6. The van der Waals surface area contributed by atoms with Crippen LogP contribution < -0.4 is 11.5 Å². The second-order valence-corrected chi connectivity index (χ2v) is 3.10. The lowest BCUT2D eigenvalue weighted by molar-refractivity contribution is -0.144. The van der Waals surface area contributed by atoms with E-state index in [1.807, 2.05) is 6.92 Å². The highest BCUT2D eigenvalue weighted by Gasteiger charge is 2.31. The third kappa shape index (κ3) is 3.19. The van der Waals surface area contributed by atoms with Crippen LogP contribution in [0.2, 0.25) is 0 Å².